The van der Waals surface area contributed by atoms with Crippen LogP contribution in [0.5, 0.6) is 0 Å². The normalized spacial score (nSPS) is 17.8. The molecule has 0 aromatic rings. The van der Waals surface area contributed by atoms with Crippen molar-refractivity contribution in [1.82, 2.24) is 4.90 Å². The largest absolute Gasteiger partial charge is 0.538 e. The molecule has 0 N–H and O–H groups in total. The van der Waals surface area contributed by atoms with Crippen LogP contribution in [0.3, 0.4) is 0 Å². The molecule has 0 amide bonds. The van der Waals surface area contributed by atoms with Crippen molar-refractivity contribution in [2.45, 2.75) is 6.92 Å². The van der Waals surface area contributed by atoms with Crippen molar-refractivity contribution < 1.29 is 14.5 Å². The fourth-order valence-electron chi connectivity index (χ4n) is 1.32. The molecule has 1 aliphatic rings. The van der Waals surface area contributed by atoms with Crippen LogP contribution in [-0.2, 0) is 4.79 Å². The lowest BCUT2D eigenvalue weighted by atomic mass is 10.5. The van der Waals surface area contributed by atoms with Crippen LogP contribution in [0.1, 0.15) is 6.92 Å². The number of carbonyl (C=O) groups excluding carboxylic acids is 1. The average molecular weight is 156 g/mol. The number of nitrogens with zero attached hydrogens (tertiary/aromatic N) is 2. The van der Waals surface area contributed by atoms with E-state index in [0.717, 1.165) is 19.6 Å². The van der Waals surface area contributed by atoms with Gasteiger partial charge >= 0.3 is 0 Å². The lowest BCUT2D eigenvalue weighted by molar-refractivity contribution is -0.488. The van der Waals surface area contributed by atoms with Gasteiger partial charge in [0.15, 0.2) is 5.97 Å². The Kier molecular flexibility index (Phi) is 2.12. The number of carboxylic acids is 1. The number of hydrogen-bond acceptors (Lipinski definition) is 3. The van der Waals surface area contributed by atoms with Crippen LogP contribution < -0.4 is 5.11 Å². The molecule has 1 heterocycles. The van der Waals surface area contributed by atoms with Crippen molar-refractivity contribution in [1.29, 1.82) is 0 Å². The third-order valence-corrected chi connectivity index (χ3v) is 1.93. The summed E-state index contributed by atoms with van der Waals surface area (Å²) >= 11 is 0. The first-order valence-electron chi connectivity index (χ1n) is 3.71. The van der Waals surface area contributed by atoms with Gasteiger partial charge in [-0.2, -0.15) is 0 Å². The Bertz CT molecular complexity index is 210. The maximum absolute atomic E-state index is 10.5. The zero-order chi connectivity index (χ0) is 8.43. The van der Waals surface area contributed by atoms with E-state index in [9.17, 15) is 9.90 Å². The standard InChI is InChI=1S/C7H12N2O2/c1-3-9-5-4-8(2)6(9)7(10)11/h3-5H2,1-2H3. The minimum atomic E-state index is -1.08. The van der Waals surface area contributed by atoms with Crippen molar-refractivity contribution in [3.05, 3.63) is 0 Å². The van der Waals surface area contributed by atoms with Gasteiger partial charge in [0.05, 0.1) is 13.6 Å². The second-order valence-electron chi connectivity index (χ2n) is 2.61. The van der Waals surface area contributed by atoms with Crippen LogP contribution in [0.25, 0.3) is 0 Å². The second kappa shape index (κ2) is 2.90. The molecule has 0 atom stereocenters. The predicted octanol–water partition coefficient (Wildman–Crippen LogP) is -1.89. The summed E-state index contributed by atoms with van der Waals surface area (Å²) in [5.74, 6) is -0.764. The van der Waals surface area contributed by atoms with E-state index in [1.165, 1.54) is 0 Å². The quantitative estimate of drug-likeness (QED) is 0.439. The van der Waals surface area contributed by atoms with Crippen molar-refractivity contribution >= 4 is 11.8 Å². The summed E-state index contributed by atoms with van der Waals surface area (Å²) in [6.07, 6.45) is 0. The Morgan fingerprint density at radius 3 is 2.82 bits per heavy atom. The first-order chi connectivity index (χ1) is 5.16. The van der Waals surface area contributed by atoms with E-state index in [0.29, 0.717) is 5.84 Å². The van der Waals surface area contributed by atoms with Crippen LogP contribution in [0, 0.1) is 0 Å². The van der Waals surface area contributed by atoms with Gasteiger partial charge in [-0.3, -0.25) is 9.48 Å². The Morgan fingerprint density at radius 1 is 1.82 bits per heavy atom. The summed E-state index contributed by atoms with van der Waals surface area (Å²) in [4.78, 5) is 12.4. The van der Waals surface area contributed by atoms with Gasteiger partial charge in [-0.1, -0.05) is 0 Å². The zero-order valence-corrected chi connectivity index (χ0v) is 6.83. The maximum Gasteiger partial charge on any atom is 0.295 e. The SMILES string of the molecule is CCN1CC[N+](C)=C1C(=O)[O-]. The van der Waals surface area contributed by atoms with Gasteiger partial charge in [0.1, 0.15) is 13.1 Å². The molecule has 0 spiro atoms. The van der Waals surface area contributed by atoms with Crippen molar-refractivity contribution in [2.24, 2.45) is 0 Å². The van der Waals surface area contributed by atoms with E-state index >= 15 is 0 Å². The molecular weight excluding hydrogens is 144 g/mol. The topological polar surface area (TPSA) is 46.4 Å². The molecular formula is C7H12N2O2. The third-order valence-electron chi connectivity index (χ3n) is 1.93. The number of rotatable bonds is 2. The van der Waals surface area contributed by atoms with Gasteiger partial charge in [-0.05, 0) is 6.92 Å². The molecule has 0 aromatic heterocycles. The van der Waals surface area contributed by atoms with Gasteiger partial charge in [0.2, 0.25) is 0 Å². The fourth-order valence-corrected chi connectivity index (χ4v) is 1.32. The number of likely N-dealkylation sites (N-methyl/N-ethyl adjacent to an activating group) is 2. The molecule has 0 bridgehead atoms. The smallest absolute Gasteiger partial charge is 0.295 e. The van der Waals surface area contributed by atoms with Crippen LogP contribution in [-0.4, -0.2) is 48.0 Å². The van der Waals surface area contributed by atoms with Gasteiger partial charge < -0.3 is 9.90 Å². The van der Waals surface area contributed by atoms with Crippen LogP contribution in [0.2, 0.25) is 0 Å². The Morgan fingerprint density at radius 2 is 2.45 bits per heavy atom. The maximum atomic E-state index is 10.5. The lowest BCUT2D eigenvalue weighted by Crippen LogP contribution is -2.43. The van der Waals surface area contributed by atoms with Crippen molar-refractivity contribution in [3.8, 4) is 0 Å². The summed E-state index contributed by atoms with van der Waals surface area (Å²) in [6.45, 7) is 4.23. The minimum Gasteiger partial charge on any atom is -0.538 e. The molecule has 0 fully saturated rings. The van der Waals surface area contributed by atoms with Gasteiger partial charge in [-0.15, -0.1) is 0 Å². The summed E-state index contributed by atoms with van der Waals surface area (Å²) in [6, 6.07) is 0. The molecule has 0 unspecified atom stereocenters. The van der Waals surface area contributed by atoms with Crippen molar-refractivity contribution in [3.63, 3.8) is 0 Å². The molecule has 4 nitrogen and oxygen atoms in total. The molecule has 4 heteroatoms. The summed E-state index contributed by atoms with van der Waals surface area (Å²) < 4.78 is 1.71. The summed E-state index contributed by atoms with van der Waals surface area (Å²) in [5, 5.41) is 10.5. The Balaban J connectivity index is 2.84. The number of aliphatic carboxylic acids is 1. The first kappa shape index (κ1) is 8.04. The predicted molar refractivity (Wildman–Crippen MR) is 38.3 cm³/mol. The summed E-state index contributed by atoms with van der Waals surface area (Å²) in [5.41, 5.74) is 0. The highest BCUT2D eigenvalue weighted by atomic mass is 16.4. The molecule has 0 saturated carbocycles. The molecule has 0 aromatic carbocycles. The minimum absolute atomic E-state index is 0.313. The number of amidine groups is 1. The van der Waals surface area contributed by atoms with E-state index in [1.54, 1.807) is 16.5 Å². The monoisotopic (exact) mass is 156 g/mol. The van der Waals surface area contributed by atoms with Gasteiger partial charge in [0.25, 0.3) is 5.84 Å². The van der Waals surface area contributed by atoms with E-state index in [-0.39, 0.29) is 0 Å². The van der Waals surface area contributed by atoms with Crippen molar-refractivity contribution in [2.75, 3.05) is 26.7 Å². The van der Waals surface area contributed by atoms with Crippen LogP contribution in [0.4, 0.5) is 0 Å². The highest BCUT2D eigenvalue weighted by Crippen LogP contribution is 1.98. The highest BCUT2D eigenvalue weighted by Gasteiger charge is 2.27. The second-order valence-corrected chi connectivity index (χ2v) is 2.61. The van der Waals surface area contributed by atoms with Crippen LogP contribution >= 0.6 is 0 Å². The van der Waals surface area contributed by atoms with E-state index in [2.05, 4.69) is 0 Å². The molecule has 0 radical (unpaired) electrons. The Hall–Kier alpha value is -1.06. The number of hydrogen-bond donors (Lipinski definition) is 0. The lowest BCUT2D eigenvalue weighted by Gasteiger charge is -2.10. The van der Waals surface area contributed by atoms with Gasteiger partial charge in [-0.25, -0.2) is 0 Å². The first-order valence-corrected chi connectivity index (χ1v) is 3.71. The van der Waals surface area contributed by atoms with Gasteiger partial charge in [0, 0.05) is 0 Å². The molecule has 1 aliphatic heterocycles. The molecule has 0 aliphatic carbocycles. The zero-order valence-electron chi connectivity index (χ0n) is 6.83. The Labute approximate surface area is 65.7 Å². The van der Waals surface area contributed by atoms with E-state index in [1.807, 2.05) is 6.92 Å². The number of carboxylic acid groups (broad SMARTS) is 1. The fraction of sp³-hybridized carbons (Fsp3) is 0.714. The van der Waals surface area contributed by atoms with E-state index in [4.69, 9.17) is 0 Å². The molecule has 62 valence electrons. The van der Waals surface area contributed by atoms with E-state index < -0.39 is 5.97 Å². The molecule has 1 rings (SSSR count). The molecule has 0 saturated heterocycles. The number of carbonyl (C=O) groups is 1. The molecule has 11 heavy (non-hydrogen) atoms. The average Bonchev–Trinajstić information content (AvgIpc) is 2.30. The highest BCUT2D eigenvalue weighted by molar-refractivity contribution is 6.31. The summed E-state index contributed by atoms with van der Waals surface area (Å²) in [7, 11) is 1.76. The third kappa shape index (κ3) is 1.34. The van der Waals surface area contributed by atoms with Crippen LogP contribution in [0.15, 0.2) is 0 Å².